The van der Waals surface area contributed by atoms with E-state index in [2.05, 4.69) is 0 Å². The number of methoxy groups -OCH3 is 4. The van der Waals surface area contributed by atoms with Gasteiger partial charge in [0.25, 0.3) is 0 Å². The van der Waals surface area contributed by atoms with Crippen molar-refractivity contribution in [2.24, 2.45) is 0 Å². The second-order valence-electron chi connectivity index (χ2n) is 7.00. The lowest BCUT2D eigenvalue weighted by Gasteiger charge is -2.11. The van der Waals surface area contributed by atoms with E-state index >= 15 is 0 Å². The summed E-state index contributed by atoms with van der Waals surface area (Å²) in [6, 6.07) is 14.2. The highest BCUT2D eigenvalue weighted by Gasteiger charge is 2.28. The Morgan fingerprint density at radius 3 is 1.15 bits per heavy atom. The van der Waals surface area contributed by atoms with Crippen LogP contribution in [-0.4, -0.2) is 51.6 Å². The fraction of sp³-hybridized carbons (Fsp3) is 0.154. The van der Waals surface area contributed by atoms with E-state index in [1.165, 1.54) is 89.1 Å². The van der Waals surface area contributed by atoms with Crippen LogP contribution in [0.25, 0.3) is 0 Å². The van der Waals surface area contributed by atoms with Crippen molar-refractivity contribution < 1.29 is 38.1 Å². The Kier molecular flexibility index (Phi) is 7.43. The fourth-order valence-electron chi connectivity index (χ4n) is 3.34. The number of ether oxygens (including phenoxy) is 4. The van der Waals surface area contributed by atoms with Crippen LogP contribution in [0.15, 0.2) is 60.7 Å². The van der Waals surface area contributed by atoms with Crippen LogP contribution in [-0.2, 0) is 0 Å². The van der Waals surface area contributed by atoms with Gasteiger partial charge in [-0.05, 0) is 36.4 Å². The zero-order valence-corrected chi connectivity index (χ0v) is 19.0. The summed E-state index contributed by atoms with van der Waals surface area (Å²) in [7, 11) is 5.70. The predicted molar refractivity (Wildman–Crippen MR) is 123 cm³/mol. The Morgan fingerprint density at radius 1 is 0.471 bits per heavy atom. The smallest absolute Gasteiger partial charge is 0.234 e. The standard InChI is InChI=1S/C26H22O8/c1-31-19-11-9-15(13-21(19)33-3)23(27)25(29)17-7-5-6-8-18(17)26(30)24(28)16-10-12-20(32-2)22(14-16)34-4/h5-14H,1-4H3. The summed E-state index contributed by atoms with van der Waals surface area (Å²) >= 11 is 0. The Bertz CT molecular complexity index is 1180. The van der Waals surface area contributed by atoms with Gasteiger partial charge in [-0.1, -0.05) is 24.3 Å². The molecule has 174 valence electrons. The average Bonchev–Trinajstić information content (AvgIpc) is 2.90. The van der Waals surface area contributed by atoms with E-state index in [1.54, 1.807) is 0 Å². The quantitative estimate of drug-likeness (QED) is 0.330. The van der Waals surface area contributed by atoms with Gasteiger partial charge in [-0.2, -0.15) is 0 Å². The first-order valence-electron chi connectivity index (χ1n) is 10.1. The molecule has 0 atom stereocenters. The Balaban J connectivity index is 1.95. The van der Waals surface area contributed by atoms with Crippen LogP contribution in [0.4, 0.5) is 0 Å². The summed E-state index contributed by atoms with van der Waals surface area (Å²) in [5, 5.41) is 0. The van der Waals surface area contributed by atoms with Crippen LogP contribution in [0.5, 0.6) is 23.0 Å². The van der Waals surface area contributed by atoms with Crippen molar-refractivity contribution in [2.75, 3.05) is 28.4 Å². The Hall–Kier alpha value is -4.46. The molecule has 0 N–H and O–H groups in total. The molecule has 0 aliphatic rings. The van der Waals surface area contributed by atoms with Crippen molar-refractivity contribution in [3.8, 4) is 23.0 Å². The van der Waals surface area contributed by atoms with Gasteiger partial charge >= 0.3 is 0 Å². The molecule has 0 saturated heterocycles. The molecule has 0 amide bonds. The van der Waals surface area contributed by atoms with Crippen LogP contribution in [0.3, 0.4) is 0 Å². The lowest BCUT2D eigenvalue weighted by Crippen LogP contribution is -2.22. The molecule has 3 rings (SSSR count). The van der Waals surface area contributed by atoms with Crippen LogP contribution in [0, 0.1) is 0 Å². The lowest BCUT2D eigenvalue weighted by molar-refractivity contribution is 0.0800. The molecule has 34 heavy (non-hydrogen) atoms. The van der Waals surface area contributed by atoms with Crippen molar-refractivity contribution in [1.82, 2.24) is 0 Å². The Labute approximate surface area is 196 Å². The van der Waals surface area contributed by atoms with E-state index in [0.717, 1.165) is 0 Å². The van der Waals surface area contributed by atoms with E-state index in [4.69, 9.17) is 18.9 Å². The molecule has 0 aliphatic carbocycles. The average molecular weight is 462 g/mol. The molecule has 0 bridgehead atoms. The molecule has 0 heterocycles. The maximum absolute atomic E-state index is 13.0. The summed E-state index contributed by atoms with van der Waals surface area (Å²) in [4.78, 5) is 51.9. The molecule has 0 fully saturated rings. The Morgan fingerprint density at radius 2 is 0.824 bits per heavy atom. The van der Waals surface area contributed by atoms with Gasteiger partial charge < -0.3 is 18.9 Å². The molecular formula is C26H22O8. The number of Topliss-reactive ketones (excluding diaryl/α,β-unsaturated/α-hetero) is 4. The molecule has 0 aliphatic heterocycles. The number of rotatable bonds is 10. The zero-order valence-electron chi connectivity index (χ0n) is 19.0. The normalized spacial score (nSPS) is 10.2. The third-order valence-electron chi connectivity index (χ3n) is 5.12. The lowest BCUT2D eigenvalue weighted by atomic mass is 9.92. The second kappa shape index (κ2) is 10.4. The summed E-state index contributed by atoms with van der Waals surface area (Å²) in [6.45, 7) is 0. The van der Waals surface area contributed by atoms with Crippen molar-refractivity contribution >= 4 is 23.1 Å². The number of carbonyl (C=O) groups excluding carboxylic acids is 4. The van der Waals surface area contributed by atoms with E-state index in [1.807, 2.05) is 0 Å². The van der Waals surface area contributed by atoms with Gasteiger partial charge in [0.2, 0.25) is 23.1 Å². The highest BCUT2D eigenvalue weighted by Crippen LogP contribution is 2.29. The van der Waals surface area contributed by atoms with Gasteiger partial charge in [0, 0.05) is 22.3 Å². The number of hydrogen-bond acceptors (Lipinski definition) is 8. The van der Waals surface area contributed by atoms with E-state index < -0.39 is 23.1 Å². The van der Waals surface area contributed by atoms with Crippen LogP contribution in [0.1, 0.15) is 41.4 Å². The van der Waals surface area contributed by atoms with Gasteiger partial charge in [0.15, 0.2) is 23.0 Å². The molecule has 0 spiro atoms. The summed E-state index contributed by atoms with van der Waals surface area (Å²) < 4.78 is 20.7. The van der Waals surface area contributed by atoms with Gasteiger partial charge in [0.1, 0.15) is 0 Å². The number of carbonyl (C=O) groups is 4. The third kappa shape index (κ3) is 4.66. The molecule has 8 nitrogen and oxygen atoms in total. The monoisotopic (exact) mass is 462 g/mol. The van der Waals surface area contributed by atoms with Crippen molar-refractivity contribution in [1.29, 1.82) is 0 Å². The summed E-state index contributed by atoms with van der Waals surface area (Å²) in [6.07, 6.45) is 0. The zero-order chi connectivity index (χ0) is 24.8. The van der Waals surface area contributed by atoms with E-state index in [9.17, 15) is 19.2 Å². The first-order chi connectivity index (χ1) is 16.4. The topological polar surface area (TPSA) is 105 Å². The molecule has 0 saturated carbocycles. The summed E-state index contributed by atoms with van der Waals surface area (Å²) in [5.41, 5.74) is -0.255. The van der Waals surface area contributed by atoms with Gasteiger partial charge in [0.05, 0.1) is 28.4 Å². The minimum Gasteiger partial charge on any atom is -0.493 e. The second-order valence-corrected chi connectivity index (χ2v) is 7.00. The number of ketones is 4. The minimum absolute atomic E-state index is 0.0520. The van der Waals surface area contributed by atoms with Gasteiger partial charge in [-0.15, -0.1) is 0 Å². The first kappa shape index (κ1) is 24.2. The van der Waals surface area contributed by atoms with Crippen LogP contribution >= 0.6 is 0 Å². The number of hydrogen-bond donors (Lipinski definition) is 0. The van der Waals surface area contributed by atoms with Crippen molar-refractivity contribution in [3.63, 3.8) is 0 Å². The largest absolute Gasteiger partial charge is 0.493 e. The molecular weight excluding hydrogens is 440 g/mol. The molecule has 3 aromatic rings. The van der Waals surface area contributed by atoms with Crippen molar-refractivity contribution in [3.05, 3.63) is 82.9 Å². The van der Waals surface area contributed by atoms with Gasteiger partial charge in [-0.25, -0.2) is 0 Å². The highest BCUT2D eigenvalue weighted by molar-refractivity contribution is 6.54. The number of benzene rings is 3. The fourth-order valence-corrected chi connectivity index (χ4v) is 3.34. The predicted octanol–water partition coefficient (Wildman–Crippen LogP) is 3.85. The molecule has 0 aromatic heterocycles. The van der Waals surface area contributed by atoms with Crippen LogP contribution < -0.4 is 18.9 Å². The molecule has 8 heteroatoms. The minimum atomic E-state index is -0.934. The molecule has 3 aromatic carbocycles. The first-order valence-corrected chi connectivity index (χ1v) is 10.1. The summed E-state index contributed by atoms with van der Waals surface area (Å²) in [5.74, 6) is -2.26. The highest BCUT2D eigenvalue weighted by atomic mass is 16.5. The van der Waals surface area contributed by atoms with Crippen LogP contribution in [0.2, 0.25) is 0 Å². The van der Waals surface area contributed by atoms with Crippen molar-refractivity contribution in [2.45, 2.75) is 0 Å². The molecule has 0 radical (unpaired) electrons. The third-order valence-corrected chi connectivity index (χ3v) is 5.12. The molecule has 0 unspecified atom stereocenters. The maximum atomic E-state index is 13.0. The van der Waals surface area contributed by atoms with E-state index in [-0.39, 0.29) is 33.8 Å². The van der Waals surface area contributed by atoms with Gasteiger partial charge in [-0.3, -0.25) is 19.2 Å². The van der Waals surface area contributed by atoms with E-state index in [0.29, 0.717) is 11.5 Å². The maximum Gasteiger partial charge on any atom is 0.234 e. The SMILES string of the molecule is COc1ccc(C(=O)C(=O)c2ccccc2C(=O)C(=O)c2ccc(OC)c(OC)c2)cc1OC.